The van der Waals surface area contributed by atoms with Gasteiger partial charge in [-0.1, -0.05) is 6.07 Å². The van der Waals surface area contributed by atoms with E-state index >= 15 is 0 Å². The van der Waals surface area contributed by atoms with E-state index < -0.39 is 0 Å². The number of nitrogens with zero attached hydrogens (tertiary/aromatic N) is 3. The zero-order chi connectivity index (χ0) is 17.6. The maximum atomic E-state index is 9.18. The lowest BCUT2D eigenvalue weighted by Crippen LogP contribution is -2.24. The third-order valence-corrected chi connectivity index (χ3v) is 4.64. The van der Waals surface area contributed by atoms with Crippen LogP contribution < -0.4 is 10.1 Å². The Morgan fingerprint density at radius 3 is 3.08 bits per heavy atom. The van der Waals surface area contributed by atoms with Crippen LogP contribution >= 0.6 is 0 Å². The highest BCUT2D eigenvalue weighted by Crippen LogP contribution is 2.33. The van der Waals surface area contributed by atoms with Crippen LogP contribution in [0.1, 0.15) is 36.1 Å². The first-order valence-electron chi connectivity index (χ1n) is 8.66. The van der Waals surface area contributed by atoms with Gasteiger partial charge in [0.05, 0.1) is 25.0 Å². The maximum absolute atomic E-state index is 9.18. The standard InChI is InChI=1S/C19H24N4O2/c1-3-23-13-17(12-22-23)19-15(6-7-25-19)11-21-10-14-4-5-18(24-2)16(8-14)9-20/h4-5,8,12-13,15,19,21H,3,6-7,10-11H2,1-2H3/t15-,19+/m1/s1. The molecule has 1 fully saturated rings. The third-order valence-electron chi connectivity index (χ3n) is 4.64. The number of hydrogen-bond donors (Lipinski definition) is 1. The van der Waals surface area contributed by atoms with Gasteiger partial charge in [-0.25, -0.2) is 0 Å². The maximum Gasteiger partial charge on any atom is 0.136 e. The minimum Gasteiger partial charge on any atom is -0.495 e. The smallest absolute Gasteiger partial charge is 0.136 e. The summed E-state index contributed by atoms with van der Waals surface area (Å²) in [5, 5.41) is 17.0. The van der Waals surface area contributed by atoms with Crippen LogP contribution in [-0.4, -0.2) is 30.0 Å². The summed E-state index contributed by atoms with van der Waals surface area (Å²) in [5.41, 5.74) is 2.80. The first-order valence-corrected chi connectivity index (χ1v) is 8.66. The highest BCUT2D eigenvalue weighted by Gasteiger charge is 2.30. The monoisotopic (exact) mass is 340 g/mol. The SMILES string of the molecule is CCn1cc([C@H]2OCC[C@@H]2CNCc2ccc(OC)c(C#N)c2)cn1. The molecule has 25 heavy (non-hydrogen) atoms. The molecule has 1 aliphatic rings. The lowest BCUT2D eigenvalue weighted by atomic mass is 9.97. The van der Waals surface area contributed by atoms with E-state index in [1.54, 1.807) is 7.11 Å². The van der Waals surface area contributed by atoms with Gasteiger partial charge in [-0.3, -0.25) is 4.68 Å². The second-order valence-electron chi connectivity index (χ2n) is 6.25. The van der Waals surface area contributed by atoms with Crippen LogP contribution in [0.25, 0.3) is 0 Å². The summed E-state index contributed by atoms with van der Waals surface area (Å²) in [5.74, 6) is 1.05. The van der Waals surface area contributed by atoms with Crippen LogP contribution in [0.2, 0.25) is 0 Å². The Morgan fingerprint density at radius 2 is 2.36 bits per heavy atom. The van der Waals surface area contributed by atoms with Gasteiger partial charge in [0.2, 0.25) is 0 Å². The molecule has 2 atom stereocenters. The van der Waals surface area contributed by atoms with E-state index in [1.807, 2.05) is 29.1 Å². The van der Waals surface area contributed by atoms with E-state index in [0.717, 1.165) is 43.8 Å². The fourth-order valence-corrected chi connectivity index (χ4v) is 3.27. The van der Waals surface area contributed by atoms with Gasteiger partial charge in [-0.15, -0.1) is 0 Å². The fraction of sp³-hybridized carbons (Fsp3) is 0.474. The first kappa shape index (κ1) is 17.5. The fourth-order valence-electron chi connectivity index (χ4n) is 3.27. The van der Waals surface area contributed by atoms with E-state index in [4.69, 9.17) is 9.47 Å². The van der Waals surface area contributed by atoms with E-state index in [1.165, 1.54) is 0 Å². The Kier molecular flexibility index (Phi) is 5.69. The van der Waals surface area contributed by atoms with Crippen molar-refractivity contribution < 1.29 is 9.47 Å². The van der Waals surface area contributed by atoms with Crippen molar-refractivity contribution in [2.45, 2.75) is 32.5 Å². The Morgan fingerprint density at radius 1 is 1.48 bits per heavy atom. The van der Waals surface area contributed by atoms with Crippen LogP contribution in [-0.2, 0) is 17.8 Å². The zero-order valence-electron chi connectivity index (χ0n) is 14.7. The van der Waals surface area contributed by atoms with Crippen LogP contribution in [0.5, 0.6) is 5.75 Å². The minimum absolute atomic E-state index is 0.110. The molecule has 1 saturated heterocycles. The molecule has 1 N–H and O–H groups in total. The van der Waals surface area contributed by atoms with Gasteiger partial charge < -0.3 is 14.8 Å². The molecule has 0 spiro atoms. The van der Waals surface area contributed by atoms with Gasteiger partial charge in [-0.2, -0.15) is 10.4 Å². The lowest BCUT2D eigenvalue weighted by molar-refractivity contribution is 0.0904. The summed E-state index contributed by atoms with van der Waals surface area (Å²) >= 11 is 0. The third kappa shape index (κ3) is 4.01. The second-order valence-corrected chi connectivity index (χ2v) is 6.25. The average molecular weight is 340 g/mol. The molecular weight excluding hydrogens is 316 g/mol. The van der Waals surface area contributed by atoms with Gasteiger partial charge in [-0.05, 0) is 31.0 Å². The van der Waals surface area contributed by atoms with Crippen molar-refractivity contribution in [1.29, 1.82) is 5.26 Å². The van der Waals surface area contributed by atoms with Gasteiger partial charge in [0, 0.05) is 43.9 Å². The normalized spacial score (nSPS) is 19.7. The molecule has 1 aromatic heterocycles. The molecular formula is C19H24N4O2. The van der Waals surface area contributed by atoms with Crippen molar-refractivity contribution in [3.8, 4) is 11.8 Å². The van der Waals surface area contributed by atoms with Crippen LogP contribution in [0, 0.1) is 17.2 Å². The first-order chi connectivity index (χ1) is 12.2. The number of nitriles is 1. The molecule has 0 amide bonds. The molecule has 132 valence electrons. The van der Waals surface area contributed by atoms with Crippen LogP contribution in [0.3, 0.4) is 0 Å². The Balaban J connectivity index is 1.57. The molecule has 6 nitrogen and oxygen atoms in total. The molecule has 6 heteroatoms. The Bertz CT molecular complexity index is 750. The van der Waals surface area contributed by atoms with E-state index in [2.05, 4.69) is 29.6 Å². The predicted octanol–water partition coefficient (Wildman–Crippen LogP) is 2.65. The number of ether oxygens (including phenoxy) is 2. The summed E-state index contributed by atoms with van der Waals surface area (Å²) in [6.45, 7) is 5.32. The van der Waals surface area contributed by atoms with Crippen LogP contribution in [0.15, 0.2) is 30.6 Å². The molecule has 0 aliphatic carbocycles. The Labute approximate surface area is 148 Å². The number of rotatable bonds is 7. The highest BCUT2D eigenvalue weighted by atomic mass is 16.5. The van der Waals surface area contributed by atoms with Crippen molar-refractivity contribution in [3.63, 3.8) is 0 Å². The van der Waals surface area contributed by atoms with Crippen molar-refractivity contribution in [1.82, 2.24) is 15.1 Å². The summed E-state index contributed by atoms with van der Waals surface area (Å²) in [6.07, 6.45) is 5.14. The summed E-state index contributed by atoms with van der Waals surface area (Å²) in [4.78, 5) is 0. The highest BCUT2D eigenvalue weighted by molar-refractivity contribution is 5.45. The molecule has 1 aromatic carbocycles. The summed E-state index contributed by atoms with van der Waals surface area (Å²) < 4.78 is 13.0. The topological polar surface area (TPSA) is 72.1 Å². The molecule has 3 rings (SSSR count). The molecule has 2 aromatic rings. The summed E-state index contributed by atoms with van der Waals surface area (Å²) in [6, 6.07) is 7.88. The number of hydrogen-bond acceptors (Lipinski definition) is 5. The van der Waals surface area contributed by atoms with Gasteiger partial charge in [0.15, 0.2) is 0 Å². The minimum atomic E-state index is 0.110. The molecule has 1 aliphatic heterocycles. The van der Waals surface area contributed by atoms with Crippen molar-refractivity contribution in [2.24, 2.45) is 5.92 Å². The van der Waals surface area contributed by atoms with Crippen molar-refractivity contribution in [3.05, 3.63) is 47.3 Å². The summed E-state index contributed by atoms with van der Waals surface area (Å²) in [7, 11) is 1.58. The Hall–Kier alpha value is -2.36. The van der Waals surface area contributed by atoms with E-state index in [-0.39, 0.29) is 6.10 Å². The number of aromatic nitrogens is 2. The second kappa shape index (κ2) is 8.15. The van der Waals surface area contributed by atoms with Crippen molar-refractivity contribution >= 4 is 0 Å². The van der Waals surface area contributed by atoms with Gasteiger partial charge >= 0.3 is 0 Å². The molecule has 0 unspecified atom stereocenters. The quantitative estimate of drug-likeness (QED) is 0.839. The zero-order valence-corrected chi connectivity index (χ0v) is 14.7. The lowest BCUT2D eigenvalue weighted by Gasteiger charge is -2.18. The number of nitrogens with one attached hydrogen (secondary N) is 1. The number of methoxy groups -OCH3 is 1. The molecule has 0 bridgehead atoms. The van der Waals surface area contributed by atoms with E-state index in [0.29, 0.717) is 17.2 Å². The molecule has 2 heterocycles. The largest absolute Gasteiger partial charge is 0.495 e. The van der Waals surface area contributed by atoms with Crippen LogP contribution in [0.4, 0.5) is 0 Å². The number of benzene rings is 1. The predicted molar refractivity (Wildman–Crippen MR) is 94.1 cm³/mol. The number of aryl methyl sites for hydroxylation is 1. The molecule has 0 saturated carbocycles. The molecule has 0 radical (unpaired) electrons. The van der Waals surface area contributed by atoms with Gasteiger partial charge in [0.1, 0.15) is 11.8 Å². The van der Waals surface area contributed by atoms with Gasteiger partial charge in [0.25, 0.3) is 0 Å². The van der Waals surface area contributed by atoms with E-state index in [9.17, 15) is 5.26 Å². The average Bonchev–Trinajstić information content (AvgIpc) is 3.30. The van der Waals surface area contributed by atoms with Crippen molar-refractivity contribution in [2.75, 3.05) is 20.3 Å².